The number of likely N-dealkylation sites (N-methyl/N-ethyl adjacent to an activating group) is 1. The predicted molar refractivity (Wildman–Crippen MR) is 67.4 cm³/mol. The summed E-state index contributed by atoms with van der Waals surface area (Å²) in [7, 11) is 5.23. The van der Waals surface area contributed by atoms with E-state index in [9.17, 15) is 0 Å². The van der Waals surface area contributed by atoms with Gasteiger partial charge in [-0.1, -0.05) is 6.92 Å². The first-order chi connectivity index (χ1) is 8.24. The lowest BCUT2D eigenvalue weighted by atomic mass is 10.3. The average molecular weight is 246 g/mol. The van der Waals surface area contributed by atoms with Crippen LogP contribution in [-0.2, 0) is 14.2 Å². The fourth-order valence-corrected chi connectivity index (χ4v) is 2.40. The Bertz CT molecular complexity index is 186. The molecule has 0 spiro atoms. The molecular weight excluding hydrogens is 220 g/mol. The first-order valence-electron chi connectivity index (χ1n) is 6.25. The van der Waals surface area contributed by atoms with E-state index in [1.165, 1.54) is 0 Å². The van der Waals surface area contributed by atoms with Crippen LogP contribution in [0.25, 0.3) is 0 Å². The number of nitrogens with zero attached hydrogens (tertiary/aromatic N) is 1. The molecule has 1 rings (SSSR count). The number of rotatable bonds is 8. The average Bonchev–Trinajstić information content (AvgIpc) is 2.72. The third-order valence-electron chi connectivity index (χ3n) is 3.24. The number of hydrogen-bond donors (Lipinski definition) is 1. The van der Waals surface area contributed by atoms with E-state index in [1.807, 2.05) is 0 Å². The lowest BCUT2D eigenvalue weighted by Crippen LogP contribution is -2.43. The van der Waals surface area contributed by atoms with Gasteiger partial charge in [-0.3, -0.25) is 4.90 Å². The van der Waals surface area contributed by atoms with Crippen molar-refractivity contribution >= 4 is 0 Å². The fourth-order valence-electron chi connectivity index (χ4n) is 2.40. The Morgan fingerprint density at radius 3 is 2.18 bits per heavy atom. The molecule has 1 fully saturated rings. The molecule has 3 atom stereocenters. The Morgan fingerprint density at radius 2 is 1.76 bits per heavy atom. The van der Waals surface area contributed by atoms with Crippen molar-refractivity contribution in [1.29, 1.82) is 0 Å². The molecule has 5 heteroatoms. The number of hydrogen-bond acceptors (Lipinski definition) is 5. The lowest BCUT2D eigenvalue weighted by Gasteiger charge is -2.23. The molecule has 17 heavy (non-hydrogen) atoms. The molecule has 1 saturated heterocycles. The highest BCUT2D eigenvalue weighted by atomic mass is 16.5. The largest absolute Gasteiger partial charge is 0.383 e. The van der Waals surface area contributed by atoms with Crippen molar-refractivity contribution in [3.05, 3.63) is 0 Å². The molecule has 0 saturated carbocycles. The van der Waals surface area contributed by atoms with E-state index in [0.29, 0.717) is 6.04 Å². The van der Waals surface area contributed by atoms with Crippen molar-refractivity contribution in [1.82, 2.24) is 10.2 Å². The van der Waals surface area contributed by atoms with E-state index in [2.05, 4.69) is 17.1 Å². The smallest absolute Gasteiger partial charge is 0.0971 e. The second kappa shape index (κ2) is 8.00. The molecule has 0 aromatic carbocycles. The molecular formula is C12H26N2O3. The SMILES string of the molecule is CCNC(COC)CN1CC(OC)C(OC)C1. The molecule has 1 heterocycles. The highest BCUT2D eigenvalue weighted by Gasteiger charge is 2.33. The zero-order chi connectivity index (χ0) is 12.7. The zero-order valence-corrected chi connectivity index (χ0v) is 11.4. The first kappa shape index (κ1) is 14.9. The summed E-state index contributed by atoms with van der Waals surface area (Å²) in [6.07, 6.45) is 0.370. The summed E-state index contributed by atoms with van der Waals surface area (Å²) in [5, 5.41) is 3.43. The van der Waals surface area contributed by atoms with Crippen LogP contribution < -0.4 is 5.32 Å². The molecule has 3 unspecified atom stereocenters. The highest BCUT2D eigenvalue weighted by molar-refractivity contribution is 4.87. The van der Waals surface area contributed by atoms with Gasteiger partial charge >= 0.3 is 0 Å². The minimum atomic E-state index is 0.185. The predicted octanol–water partition coefficient (Wildman–Crippen LogP) is -0.0435. The highest BCUT2D eigenvalue weighted by Crippen LogP contribution is 2.15. The van der Waals surface area contributed by atoms with E-state index < -0.39 is 0 Å². The maximum Gasteiger partial charge on any atom is 0.0971 e. The van der Waals surface area contributed by atoms with E-state index in [1.54, 1.807) is 21.3 Å². The molecule has 1 aliphatic heterocycles. The van der Waals surface area contributed by atoms with Gasteiger partial charge in [-0.25, -0.2) is 0 Å². The number of likely N-dealkylation sites (tertiary alicyclic amines) is 1. The third-order valence-corrected chi connectivity index (χ3v) is 3.24. The summed E-state index contributed by atoms with van der Waals surface area (Å²) < 4.78 is 16.1. The Balaban J connectivity index is 2.40. The van der Waals surface area contributed by atoms with Gasteiger partial charge in [-0.05, 0) is 6.54 Å². The van der Waals surface area contributed by atoms with Crippen molar-refractivity contribution in [3.8, 4) is 0 Å². The van der Waals surface area contributed by atoms with Crippen LogP contribution >= 0.6 is 0 Å². The second-order valence-corrected chi connectivity index (χ2v) is 4.48. The monoisotopic (exact) mass is 246 g/mol. The molecule has 0 amide bonds. The van der Waals surface area contributed by atoms with Crippen molar-refractivity contribution in [2.24, 2.45) is 0 Å². The van der Waals surface area contributed by atoms with Gasteiger partial charge < -0.3 is 19.5 Å². The Hall–Kier alpha value is -0.200. The maximum absolute atomic E-state index is 5.43. The Labute approximate surface area is 104 Å². The summed E-state index contributed by atoms with van der Waals surface area (Å²) in [6.45, 7) is 6.65. The topological polar surface area (TPSA) is 43.0 Å². The van der Waals surface area contributed by atoms with Gasteiger partial charge in [0.1, 0.15) is 0 Å². The van der Waals surface area contributed by atoms with Gasteiger partial charge in [0.25, 0.3) is 0 Å². The van der Waals surface area contributed by atoms with Crippen LogP contribution in [0.5, 0.6) is 0 Å². The van der Waals surface area contributed by atoms with Crippen molar-refractivity contribution in [2.45, 2.75) is 25.2 Å². The van der Waals surface area contributed by atoms with E-state index in [0.717, 1.165) is 32.8 Å². The molecule has 102 valence electrons. The van der Waals surface area contributed by atoms with Crippen molar-refractivity contribution < 1.29 is 14.2 Å². The molecule has 5 nitrogen and oxygen atoms in total. The van der Waals surface area contributed by atoms with Crippen molar-refractivity contribution in [3.63, 3.8) is 0 Å². The molecule has 0 aliphatic carbocycles. The normalized spacial score (nSPS) is 27.5. The van der Waals surface area contributed by atoms with Gasteiger partial charge in [-0.15, -0.1) is 0 Å². The summed E-state index contributed by atoms with van der Waals surface area (Å²) >= 11 is 0. The van der Waals surface area contributed by atoms with Gasteiger partial charge in [-0.2, -0.15) is 0 Å². The quantitative estimate of drug-likeness (QED) is 0.651. The van der Waals surface area contributed by atoms with Gasteiger partial charge in [0.05, 0.1) is 18.8 Å². The summed E-state index contributed by atoms with van der Waals surface area (Å²) in [4.78, 5) is 2.37. The number of nitrogens with one attached hydrogen (secondary N) is 1. The van der Waals surface area contributed by atoms with E-state index in [4.69, 9.17) is 14.2 Å². The maximum atomic E-state index is 5.43. The van der Waals surface area contributed by atoms with Crippen LogP contribution in [-0.4, -0.2) is 77.3 Å². The van der Waals surface area contributed by atoms with E-state index in [-0.39, 0.29) is 12.2 Å². The summed E-state index contributed by atoms with van der Waals surface area (Å²) in [5.41, 5.74) is 0. The summed E-state index contributed by atoms with van der Waals surface area (Å²) in [5.74, 6) is 0. The molecule has 0 bridgehead atoms. The molecule has 0 radical (unpaired) electrons. The minimum Gasteiger partial charge on any atom is -0.383 e. The molecule has 1 N–H and O–H groups in total. The standard InChI is InChI=1S/C12H26N2O3/c1-5-13-10(9-15-2)6-14-7-11(16-3)12(8-14)17-4/h10-13H,5-9H2,1-4H3. The van der Waals surface area contributed by atoms with Crippen LogP contribution in [0, 0.1) is 0 Å². The number of ether oxygens (including phenoxy) is 3. The van der Waals surface area contributed by atoms with Crippen molar-refractivity contribution in [2.75, 3.05) is 54.1 Å². The van der Waals surface area contributed by atoms with Crippen LogP contribution in [0.4, 0.5) is 0 Å². The van der Waals surface area contributed by atoms with Crippen LogP contribution in [0.2, 0.25) is 0 Å². The lowest BCUT2D eigenvalue weighted by molar-refractivity contribution is -0.00461. The fraction of sp³-hybridized carbons (Fsp3) is 1.00. The molecule has 0 aromatic rings. The Kier molecular flexibility index (Phi) is 6.99. The summed E-state index contributed by atoms with van der Waals surface area (Å²) in [6, 6.07) is 0.373. The third kappa shape index (κ3) is 4.52. The van der Waals surface area contributed by atoms with Gasteiger partial charge in [0, 0.05) is 47.0 Å². The minimum absolute atomic E-state index is 0.185. The first-order valence-corrected chi connectivity index (χ1v) is 6.25. The van der Waals surface area contributed by atoms with Crippen LogP contribution in [0.3, 0.4) is 0 Å². The van der Waals surface area contributed by atoms with E-state index >= 15 is 0 Å². The second-order valence-electron chi connectivity index (χ2n) is 4.48. The van der Waals surface area contributed by atoms with Crippen LogP contribution in [0.15, 0.2) is 0 Å². The Morgan fingerprint density at radius 1 is 1.18 bits per heavy atom. The van der Waals surface area contributed by atoms with Crippen LogP contribution in [0.1, 0.15) is 6.92 Å². The molecule has 0 aromatic heterocycles. The molecule has 1 aliphatic rings. The zero-order valence-electron chi connectivity index (χ0n) is 11.4. The van der Waals surface area contributed by atoms with Gasteiger partial charge in [0.15, 0.2) is 0 Å². The van der Waals surface area contributed by atoms with Gasteiger partial charge in [0.2, 0.25) is 0 Å². The number of methoxy groups -OCH3 is 3.